The summed E-state index contributed by atoms with van der Waals surface area (Å²) in [7, 11) is 1.81. The molecule has 110 valence electrons. The standard InChI is InChI=1S/C16H26N4/c1-12(2)19-16(17-4)18-11-13(3)20-10-9-14-7-5-6-8-15(14)20/h5-8,12-13H,9-11H2,1-4H3,(H2,17,18,19). The van der Waals surface area contributed by atoms with Crippen molar-refractivity contribution in [1.29, 1.82) is 0 Å². The van der Waals surface area contributed by atoms with Gasteiger partial charge in [-0.3, -0.25) is 4.99 Å². The molecule has 1 aromatic rings. The summed E-state index contributed by atoms with van der Waals surface area (Å²) >= 11 is 0. The molecule has 0 aromatic heterocycles. The van der Waals surface area contributed by atoms with Gasteiger partial charge >= 0.3 is 0 Å². The lowest BCUT2D eigenvalue weighted by Gasteiger charge is -2.28. The van der Waals surface area contributed by atoms with E-state index < -0.39 is 0 Å². The number of guanidine groups is 1. The number of anilines is 1. The Hall–Kier alpha value is -1.71. The zero-order chi connectivity index (χ0) is 14.5. The number of benzene rings is 1. The van der Waals surface area contributed by atoms with E-state index in [2.05, 4.69) is 65.6 Å². The third kappa shape index (κ3) is 3.44. The van der Waals surface area contributed by atoms with Gasteiger partial charge in [0.2, 0.25) is 0 Å². The molecule has 0 saturated carbocycles. The van der Waals surface area contributed by atoms with Crippen LogP contribution in [0.3, 0.4) is 0 Å². The summed E-state index contributed by atoms with van der Waals surface area (Å²) in [6.45, 7) is 8.50. The predicted octanol–water partition coefficient (Wildman–Crippen LogP) is 2.01. The molecule has 2 N–H and O–H groups in total. The Labute approximate surface area is 122 Å². The molecular formula is C16H26N4. The van der Waals surface area contributed by atoms with E-state index in [1.54, 1.807) is 0 Å². The maximum absolute atomic E-state index is 4.25. The molecule has 4 heteroatoms. The van der Waals surface area contributed by atoms with E-state index >= 15 is 0 Å². The molecule has 0 radical (unpaired) electrons. The van der Waals surface area contributed by atoms with Gasteiger partial charge in [0.05, 0.1) is 0 Å². The Bertz CT molecular complexity index is 467. The molecule has 0 bridgehead atoms. The second kappa shape index (κ2) is 6.64. The predicted molar refractivity (Wildman–Crippen MR) is 86.6 cm³/mol. The van der Waals surface area contributed by atoms with Crippen LogP contribution in [-0.4, -0.2) is 38.2 Å². The van der Waals surface area contributed by atoms with Gasteiger partial charge in [-0.25, -0.2) is 0 Å². The number of aliphatic imine (C=N–C) groups is 1. The van der Waals surface area contributed by atoms with Crippen LogP contribution >= 0.6 is 0 Å². The lowest BCUT2D eigenvalue weighted by atomic mass is 10.2. The molecule has 0 saturated heterocycles. The Morgan fingerprint density at radius 3 is 2.75 bits per heavy atom. The Balaban J connectivity index is 1.92. The highest BCUT2D eigenvalue weighted by Crippen LogP contribution is 2.28. The SMILES string of the molecule is CN=C(NCC(C)N1CCc2ccccc21)NC(C)C. The summed E-state index contributed by atoms with van der Waals surface area (Å²) in [6.07, 6.45) is 1.15. The van der Waals surface area contributed by atoms with Crippen molar-refractivity contribution >= 4 is 11.6 Å². The van der Waals surface area contributed by atoms with Crippen LogP contribution in [0.1, 0.15) is 26.3 Å². The first-order chi connectivity index (χ1) is 9.61. The maximum atomic E-state index is 4.25. The molecule has 2 rings (SSSR count). The van der Waals surface area contributed by atoms with Gasteiger partial charge in [0, 0.05) is 37.9 Å². The third-order valence-corrected chi connectivity index (χ3v) is 3.67. The van der Waals surface area contributed by atoms with E-state index in [0.29, 0.717) is 12.1 Å². The van der Waals surface area contributed by atoms with E-state index in [1.165, 1.54) is 11.3 Å². The zero-order valence-corrected chi connectivity index (χ0v) is 13.0. The fourth-order valence-corrected chi connectivity index (χ4v) is 2.64. The molecule has 0 spiro atoms. The van der Waals surface area contributed by atoms with Crippen LogP contribution in [-0.2, 0) is 6.42 Å². The van der Waals surface area contributed by atoms with Crippen molar-refractivity contribution in [2.24, 2.45) is 4.99 Å². The van der Waals surface area contributed by atoms with Crippen LogP contribution in [0.15, 0.2) is 29.3 Å². The summed E-state index contributed by atoms with van der Waals surface area (Å²) in [5.74, 6) is 0.874. The minimum atomic E-state index is 0.393. The summed E-state index contributed by atoms with van der Waals surface area (Å²) in [6, 6.07) is 9.54. The second-order valence-corrected chi connectivity index (χ2v) is 5.67. The van der Waals surface area contributed by atoms with Gasteiger partial charge in [0.25, 0.3) is 0 Å². The molecule has 20 heavy (non-hydrogen) atoms. The highest BCUT2D eigenvalue weighted by Gasteiger charge is 2.22. The molecule has 0 fully saturated rings. The molecule has 1 heterocycles. The normalized spacial score (nSPS) is 16.2. The smallest absolute Gasteiger partial charge is 0.191 e. The van der Waals surface area contributed by atoms with Crippen LogP contribution in [0.25, 0.3) is 0 Å². The summed E-state index contributed by atoms with van der Waals surface area (Å²) in [4.78, 5) is 6.72. The first kappa shape index (κ1) is 14.7. The van der Waals surface area contributed by atoms with Gasteiger partial charge in [0.1, 0.15) is 0 Å². The summed E-state index contributed by atoms with van der Waals surface area (Å²) < 4.78 is 0. The first-order valence-electron chi connectivity index (χ1n) is 7.43. The van der Waals surface area contributed by atoms with Crippen LogP contribution < -0.4 is 15.5 Å². The number of rotatable bonds is 4. The van der Waals surface area contributed by atoms with E-state index in [4.69, 9.17) is 0 Å². The molecular weight excluding hydrogens is 248 g/mol. The van der Waals surface area contributed by atoms with Gasteiger partial charge in [-0.1, -0.05) is 18.2 Å². The Morgan fingerprint density at radius 2 is 2.05 bits per heavy atom. The van der Waals surface area contributed by atoms with Crippen molar-refractivity contribution in [3.05, 3.63) is 29.8 Å². The minimum absolute atomic E-state index is 0.393. The number of nitrogens with zero attached hydrogens (tertiary/aromatic N) is 2. The van der Waals surface area contributed by atoms with E-state index in [9.17, 15) is 0 Å². The number of hydrogen-bond donors (Lipinski definition) is 2. The second-order valence-electron chi connectivity index (χ2n) is 5.67. The summed E-state index contributed by atoms with van der Waals surface area (Å²) in [5, 5.41) is 6.72. The molecule has 1 aromatic carbocycles. The van der Waals surface area contributed by atoms with Gasteiger partial charge < -0.3 is 15.5 Å². The minimum Gasteiger partial charge on any atom is -0.366 e. The fourth-order valence-electron chi connectivity index (χ4n) is 2.64. The summed E-state index contributed by atoms with van der Waals surface area (Å²) in [5.41, 5.74) is 2.85. The number of nitrogens with one attached hydrogen (secondary N) is 2. The monoisotopic (exact) mass is 274 g/mol. The molecule has 0 aliphatic carbocycles. The Kier molecular flexibility index (Phi) is 4.88. The van der Waals surface area contributed by atoms with Crippen molar-refractivity contribution in [1.82, 2.24) is 10.6 Å². The number of para-hydroxylation sites is 1. The van der Waals surface area contributed by atoms with Crippen LogP contribution in [0.5, 0.6) is 0 Å². The highest BCUT2D eigenvalue weighted by atomic mass is 15.2. The maximum Gasteiger partial charge on any atom is 0.191 e. The molecule has 1 unspecified atom stereocenters. The van der Waals surface area contributed by atoms with Gasteiger partial charge in [-0.15, -0.1) is 0 Å². The van der Waals surface area contributed by atoms with Crippen molar-refractivity contribution < 1.29 is 0 Å². The van der Waals surface area contributed by atoms with Crippen molar-refractivity contribution in [2.75, 3.05) is 25.0 Å². The van der Waals surface area contributed by atoms with Crippen molar-refractivity contribution in [3.8, 4) is 0 Å². The van der Waals surface area contributed by atoms with Gasteiger partial charge in [0.15, 0.2) is 5.96 Å². The molecule has 1 aliphatic heterocycles. The quantitative estimate of drug-likeness (QED) is 0.652. The average molecular weight is 274 g/mol. The van der Waals surface area contributed by atoms with Crippen LogP contribution in [0.4, 0.5) is 5.69 Å². The largest absolute Gasteiger partial charge is 0.366 e. The highest BCUT2D eigenvalue weighted by molar-refractivity contribution is 5.80. The molecule has 1 aliphatic rings. The molecule has 4 nitrogen and oxygen atoms in total. The van der Waals surface area contributed by atoms with E-state index in [0.717, 1.165) is 25.5 Å². The fraction of sp³-hybridized carbons (Fsp3) is 0.562. The lowest BCUT2D eigenvalue weighted by Crippen LogP contribution is -2.47. The van der Waals surface area contributed by atoms with Crippen molar-refractivity contribution in [2.45, 2.75) is 39.3 Å². The lowest BCUT2D eigenvalue weighted by molar-refractivity contribution is 0.616. The number of fused-ring (bicyclic) bond motifs is 1. The van der Waals surface area contributed by atoms with Gasteiger partial charge in [-0.2, -0.15) is 0 Å². The molecule has 0 amide bonds. The van der Waals surface area contributed by atoms with Crippen molar-refractivity contribution in [3.63, 3.8) is 0 Å². The van der Waals surface area contributed by atoms with Crippen LogP contribution in [0.2, 0.25) is 0 Å². The van der Waals surface area contributed by atoms with Crippen LogP contribution in [0, 0.1) is 0 Å². The number of hydrogen-bond acceptors (Lipinski definition) is 2. The topological polar surface area (TPSA) is 39.7 Å². The van der Waals surface area contributed by atoms with E-state index in [-0.39, 0.29) is 0 Å². The average Bonchev–Trinajstić information content (AvgIpc) is 2.86. The first-order valence-corrected chi connectivity index (χ1v) is 7.43. The molecule has 1 atom stereocenters. The van der Waals surface area contributed by atoms with E-state index in [1.807, 2.05) is 7.05 Å². The zero-order valence-electron chi connectivity index (χ0n) is 13.0. The Morgan fingerprint density at radius 1 is 1.30 bits per heavy atom. The van der Waals surface area contributed by atoms with Gasteiger partial charge in [-0.05, 0) is 38.8 Å². The third-order valence-electron chi connectivity index (χ3n) is 3.67.